The highest BCUT2D eigenvalue weighted by Crippen LogP contribution is 2.42. The molecule has 10 nitrogen and oxygen atoms in total. The minimum Gasteiger partial charge on any atom is -0.497 e. The van der Waals surface area contributed by atoms with Crippen LogP contribution in [-0.4, -0.2) is 55.2 Å². The number of nitrogens with two attached hydrogens (primary N) is 1. The van der Waals surface area contributed by atoms with Crippen molar-refractivity contribution < 1.29 is 27.9 Å². The predicted octanol–water partition coefficient (Wildman–Crippen LogP) is 8.45. The third-order valence-corrected chi connectivity index (χ3v) is 16.8. The standard InChI is InChI=1S/C51H50FN5O5Si/c1-51(2,3)63(40-12-8-6-9-13-40,41-14-10-7-11-15-41)62-39-26-22-36(28-39)48-43-31-54-46(45(49(53)58)47(43)56-57(48)32-34-18-24-38(60-4)25-19-34)35-20-16-33(17-21-35)30-55-50(59)42-29-37(52)23-27-44(42)61-5/h6-25,27,29,31,39H,26,28,30,32H2,1-5H3,(H2,53,58)(H,55,59). The van der Waals surface area contributed by atoms with Crippen LogP contribution in [0.3, 0.4) is 0 Å². The van der Waals surface area contributed by atoms with Gasteiger partial charge in [-0.1, -0.05) is 124 Å². The van der Waals surface area contributed by atoms with E-state index in [-0.39, 0.29) is 34.6 Å². The molecule has 0 saturated carbocycles. The van der Waals surface area contributed by atoms with Gasteiger partial charge in [0.25, 0.3) is 20.1 Å². The van der Waals surface area contributed by atoms with Gasteiger partial charge in [-0.2, -0.15) is 5.10 Å². The zero-order chi connectivity index (χ0) is 44.3. The van der Waals surface area contributed by atoms with Gasteiger partial charge >= 0.3 is 0 Å². The van der Waals surface area contributed by atoms with E-state index in [0.717, 1.165) is 34.2 Å². The molecule has 7 aromatic rings. The lowest BCUT2D eigenvalue weighted by molar-refractivity contribution is 0.0946. The Kier molecular flexibility index (Phi) is 12.1. The fourth-order valence-electron chi connectivity index (χ4n) is 8.72. The van der Waals surface area contributed by atoms with Gasteiger partial charge in [0.1, 0.15) is 22.8 Å². The molecule has 1 aliphatic rings. The van der Waals surface area contributed by atoms with Crippen molar-refractivity contribution in [3.8, 4) is 22.8 Å². The maximum atomic E-state index is 13.9. The van der Waals surface area contributed by atoms with Crippen molar-refractivity contribution in [2.24, 2.45) is 5.73 Å². The zero-order valence-corrected chi connectivity index (χ0v) is 37.0. The van der Waals surface area contributed by atoms with Gasteiger partial charge in [-0.3, -0.25) is 19.3 Å². The van der Waals surface area contributed by atoms with Crippen molar-refractivity contribution in [3.05, 3.63) is 173 Å². The number of nitrogens with zero attached hydrogens (tertiary/aromatic N) is 3. The Bertz CT molecular complexity index is 2770. The van der Waals surface area contributed by atoms with Crippen molar-refractivity contribution >= 4 is 47.0 Å². The second-order valence-corrected chi connectivity index (χ2v) is 21.0. The number of benzene rings is 5. The monoisotopic (exact) mass is 859 g/mol. The molecule has 3 N–H and O–H groups in total. The molecule has 320 valence electrons. The first kappa shape index (κ1) is 42.8. The maximum absolute atomic E-state index is 13.9. The molecule has 5 aromatic carbocycles. The number of carbonyl (C=O) groups is 2. The molecule has 63 heavy (non-hydrogen) atoms. The van der Waals surface area contributed by atoms with Gasteiger partial charge in [-0.05, 0) is 75.3 Å². The molecular weight excluding hydrogens is 810 g/mol. The van der Waals surface area contributed by atoms with Gasteiger partial charge in [0.2, 0.25) is 0 Å². The average molecular weight is 860 g/mol. The summed E-state index contributed by atoms with van der Waals surface area (Å²) in [5.41, 5.74) is 11.7. The molecule has 1 unspecified atom stereocenters. The van der Waals surface area contributed by atoms with Crippen molar-refractivity contribution in [1.29, 1.82) is 0 Å². The van der Waals surface area contributed by atoms with Gasteiger partial charge in [0.05, 0.1) is 49.4 Å². The lowest BCUT2D eigenvalue weighted by Gasteiger charge is -2.44. The van der Waals surface area contributed by atoms with Crippen LogP contribution < -0.4 is 30.9 Å². The first-order valence-corrected chi connectivity index (χ1v) is 22.8. The summed E-state index contributed by atoms with van der Waals surface area (Å²) < 4.78 is 34.2. The normalized spacial score (nSPS) is 14.1. The summed E-state index contributed by atoms with van der Waals surface area (Å²) in [6.45, 7) is 7.44. The molecule has 0 spiro atoms. The number of carbonyl (C=O) groups excluding carboxylic acids is 2. The first-order valence-electron chi connectivity index (χ1n) is 20.9. The van der Waals surface area contributed by atoms with Crippen molar-refractivity contribution in [2.45, 2.75) is 57.8 Å². The van der Waals surface area contributed by atoms with Gasteiger partial charge in [0.15, 0.2) is 0 Å². The summed E-state index contributed by atoms with van der Waals surface area (Å²) in [7, 11) is 0.212. The molecule has 1 aliphatic carbocycles. The summed E-state index contributed by atoms with van der Waals surface area (Å²) in [4.78, 5) is 31.3. The fourth-order valence-corrected chi connectivity index (χ4v) is 13.4. The van der Waals surface area contributed by atoms with E-state index in [1.54, 1.807) is 13.3 Å². The number of halogens is 1. The van der Waals surface area contributed by atoms with Crippen LogP contribution in [0.2, 0.25) is 5.04 Å². The van der Waals surface area contributed by atoms with Crippen LogP contribution in [0, 0.1) is 5.82 Å². The third kappa shape index (κ3) is 8.51. The second kappa shape index (κ2) is 17.8. The number of rotatable bonds is 14. The minimum absolute atomic E-state index is 0.0965. The first-order chi connectivity index (χ1) is 30.4. The van der Waals surface area contributed by atoms with Gasteiger partial charge in [0, 0.05) is 23.7 Å². The van der Waals surface area contributed by atoms with E-state index in [9.17, 15) is 14.0 Å². The van der Waals surface area contributed by atoms with E-state index < -0.39 is 25.9 Å². The Labute approximate surface area is 367 Å². The lowest BCUT2D eigenvalue weighted by atomic mass is 10.00. The molecule has 0 fully saturated rings. The SMILES string of the molecule is COc1ccc(Cn2nc3c(C(N)=O)c(-c4ccc(CNC(=O)c5cc(F)ccc5OC)cc4)ncc3c2C2=CCC(O[Si](c3ccccc3)(c3ccccc3)C(C)(C)C)C2)cc1. The Balaban J connectivity index is 1.14. The number of fused-ring (bicyclic) bond motifs is 1. The van der Waals surface area contributed by atoms with Crippen molar-refractivity contribution in [1.82, 2.24) is 20.1 Å². The van der Waals surface area contributed by atoms with Gasteiger partial charge in [-0.25, -0.2) is 4.39 Å². The van der Waals surface area contributed by atoms with Crippen LogP contribution in [0.5, 0.6) is 11.5 Å². The molecule has 0 bridgehead atoms. The number of hydrogen-bond acceptors (Lipinski definition) is 7. The summed E-state index contributed by atoms with van der Waals surface area (Å²) in [5, 5.41) is 10.9. The number of methoxy groups -OCH3 is 2. The number of ether oxygens (including phenoxy) is 2. The molecule has 1 atom stereocenters. The molecular formula is C51H50FN5O5Si. The number of amides is 2. The van der Waals surface area contributed by atoms with Gasteiger partial charge in [-0.15, -0.1) is 0 Å². The van der Waals surface area contributed by atoms with Gasteiger partial charge < -0.3 is 25.0 Å². The van der Waals surface area contributed by atoms with Crippen molar-refractivity contribution in [3.63, 3.8) is 0 Å². The third-order valence-electron chi connectivity index (χ3n) is 11.7. The number of nitrogens with one attached hydrogen (secondary N) is 1. The number of hydrogen-bond donors (Lipinski definition) is 2. The highest BCUT2D eigenvalue weighted by atomic mass is 28.4. The highest BCUT2D eigenvalue weighted by Gasteiger charge is 2.51. The largest absolute Gasteiger partial charge is 0.497 e. The molecule has 2 amide bonds. The molecule has 0 saturated heterocycles. The zero-order valence-electron chi connectivity index (χ0n) is 36.0. The van der Waals surface area contributed by atoms with Crippen LogP contribution in [0.4, 0.5) is 4.39 Å². The Morgan fingerprint density at radius 1 is 0.857 bits per heavy atom. The molecule has 12 heteroatoms. The topological polar surface area (TPSA) is 131 Å². The molecule has 2 heterocycles. The molecule has 2 aromatic heterocycles. The second-order valence-electron chi connectivity index (χ2n) is 16.8. The lowest BCUT2D eigenvalue weighted by Crippen LogP contribution is -2.67. The highest BCUT2D eigenvalue weighted by molar-refractivity contribution is 6.99. The van der Waals surface area contributed by atoms with E-state index in [4.69, 9.17) is 29.7 Å². The number of primary amides is 1. The van der Waals surface area contributed by atoms with E-state index in [1.807, 2.05) is 65.3 Å². The predicted molar refractivity (Wildman–Crippen MR) is 247 cm³/mol. The Morgan fingerprint density at radius 2 is 1.51 bits per heavy atom. The average Bonchev–Trinajstić information content (AvgIpc) is 3.91. The molecule has 0 aliphatic heterocycles. The Morgan fingerprint density at radius 3 is 2.11 bits per heavy atom. The summed E-state index contributed by atoms with van der Waals surface area (Å²) in [6.07, 6.45) is 5.23. The van der Waals surface area contributed by atoms with E-state index in [2.05, 4.69) is 80.7 Å². The molecule has 8 rings (SSSR count). The van der Waals surface area contributed by atoms with E-state index in [1.165, 1.54) is 29.6 Å². The fraction of sp³-hybridized carbons (Fsp3) is 0.216. The summed E-state index contributed by atoms with van der Waals surface area (Å²) in [6, 6.07) is 40.3. The van der Waals surface area contributed by atoms with E-state index >= 15 is 0 Å². The smallest absolute Gasteiger partial charge is 0.261 e. The van der Waals surface area contributed by atoms with Crippen LogP contribution in [0.1, 0.15) is 71.1 Å². The van der Waals surface area contributed by atoms with Crippen LogP contribution in [-0.2, 0) is 17.5 Å². The van der Waals surface area contributed by atoms with Crippen LogP contribution >= 0.6 is 0 Å². The summed E-state index contributed by atoms with van der Waals surface area (Å²) >= 11 is 0. The quantitative estimate of drug-likeness (QED) is 0.105. The summed E-state index contributed by atoms with van der Waals surface area (Å²) in [5.74, 6) is -0.652. The van der Waals surface area contributed by atoms with E-state index in [0.29, 0.717) is 41.5 Å². The number of pyridine rings is 1. The maximum Gasteiger partial charge on any atom is 0.261 e. The van der Waals surface area contributed by atoms with Crippen LogP contribution in [0.25, 0.3) is 27.7 Å². The Hall–Kier alpha value is -6.89. The minimum atomic E-state index is -2.85. The number of aromatic nitrogens is 3. The van der Waals surface area contributed by atoms with Crippen LogP contribution in [0.15, 0.2) is 140 Å². The van der Waals surface area contributed by atoms with Crippen molar-refractivity contribution in [2.75, 3.05) is 14.2 Å². The molecule has 0 radical (unpaired) electrons.